The molecular weight excluding hydrogens is 290 g/mol. The van der Waals surface area contributed by atoms with E-state index >= 15 is 0 Å². The highest BCUT2D eigenvalue weighted by Gasteiger charge is 2.25. The van der Waals surface area contributed by atoms with Crippen LogP contribution in [0.4, 0.5) is 5.69 Å². The predicted molar refractivity (Wildman–Crippen MR) is 91.7 cm³/mol. The summed E-state index contributed by atoms with van der Waals surface area (Å²) in [4.78, 5) is 18.9. The van der Waals surface area contributed by atoms with Crippen molar-refractivity contribution in [2.45, 2.75) is 19.8 Å². The molecule has 126 valence electrons. The van der Waals surface area contributed by atoms with Crippen molar-refractivity contribution in [2.75, 3.05) is 50.7 Å². The molecule has 0 saturated carbocycles. The fourth-order valence-corrected chi connectivity index (χ4v) is 3.44. The summed E-state index contributed by atoms with van der Waals surface area (Å²) in [5.41, 5.74) is 0.865. The Morgan fingerprint density at radius 1 is 1.09 bits per heavy atom. The van der Waals surface area contributed by atoms with E-state index < -0.39 is 0 Å². The van der Waals surface area contributed by atoms with Crippen molar-refractivity contribution >= 4 is 11.6 Å². The normalized spacial score (nSPS) is 20.7. The second kappa shape index (κ2) is 7.21. The molecule has 0 radical (unpaired) electrons. The van der Waals surface area contributed by atoms with Gasteiger partial charge in [0.05, 0.1) is 12.2 Å². The van der Waals surface area contributed by atoms with E-state index in [0.717, 1.165) is 50.9 Å². The summed E-state index contributed by atoms with van der Waals surface area (Å²) in [5, 5.41) is 9.95. The number of nitrogens with zero attached hydrogens (tertiary/aromatic N) is 3. The van der Waals surface area contributed by atoms with Gasteiger partial charge in [0.25, 0.3) is 0 Å². The second-order valence-electron chi connectivity index (χ2n) is 6.82. The lowest BCUT2D eigenvalue weighted by molar-refractivity contribution is -0.133. The van der Waals surface area contributed by atoms with E-state index in [1.807, 2.05) is 23.1 Å². The van der Waals surface area contributed by atoms with E-state index in [0.29, 0.717) is 12.3 Å². The van der Waals surface area contributed by atoms with E-state index in [4.69, 9.17) is 0 Å². The van der Waals surface area contributed by atoms with Crippen molar-refractivity contribution in [2.24, 2.45) is 5.92 Å². The maximum atomic E-state index is 12.5. The summed E-state index contributed by atoms with van der Waals surface area (Å²) in [7, 11) is 0. The summed E-state index contributed by atoms with van der Waals surface area (Å²) in [6.07, 6.45) is 2.41. The average Bonchev–Trinajstić information content (AvgIpc) is 2.57. The third-order valence-corrected chi connectivity index (χ3v) is 5.09. The topological polar surface area (TPSA) is 47.0 Å². The molecular formula is C18H27N3O2. The molecule has 2 saturated heterocycles. The molecule has 3 rings (SSSR count). The number of hydrogen-bond acceptors (Lipinski definition) is 4. The van der Waals surface area contributed by atoms with Crippen molar-refractivity contribution in [1.29, 1.82) is 0 Å². The van der Waals surface area contributed by atoms with E-state index in [1.54, 1.807) is 6.07 Å². The van der Waals surface area contributed by atoms with E-state index in [9.17, 15) is 9.90 Å². The first kappa shape index (κ1) is 16.1. The molecule has 0 aromatic heterocycles. The molecule has 1 N–H and O–H groups in total. The average molecular weight is 317 g/mol. The Balaban J connectivity index is 1.49. The Labute approximate surface area is 138 Å². The zero-order valence-corrected chi connectivity index (χ0v) is 13.9. The summed E-state index contributed by atoms with van der Waals surface area (Å²) in [5.74, 6) is 1.36. The van der Waals surface area contributed by atoms with Gasteiger partial charge in [-0.3, -0.25) is 9.69 Å². The Hall–Kier alpha value is -1.75. The molecule has 0 unspecified atom stereocenters. The second-order valence-corrected chi connectivity index (χ2v) is 6.82. The number of benzene rings is 1. The lowest BCUT2D eigenvalue weighted by Crippen LogP contribution is -2.51. The number of carbonyl (C=O) groups excluding carboxylic acids is 1. The van der Waals surface area contributed by atoms with Gasteiger partial charge in [0.15, 0.2) is 0 Å². The largest absolute Gasteiger partial charge is 0.506 e. The minimum absolute atomic E-state index is 0.247. The molecule has 23 heavy (non-hydrogen) atoms. The van der Waals surface area contributed by atoms with Crippen molar-refractivity contribution in [1.82, 2.24) is 9.80 Å². The third-order valence-electron chi connectivity index (χ3n) is 5.09. The van der Waals surface area contributed by atoms with Crippen LogP contribution in [0, 0.1) is 5.92 Å². The number of piperazine rings is 1. The van der Waals surface area contributed by atoms with E-state index in [-0.39, 0.29) is 5.91 Å². The number of aromatic hydroxyl groups is 1. The molecule has 0 bridgehead atoms. The summed E-state index contributed by atoms with van der Waals surface area (Å²) >= 11 is 0. The van der Waals surface area contributed by atoms with Crippen LogP contribution >= 0.6 is 0 Å². The smallest absolute Gasteiger partial charge is 0.236 e. The van der Waals surface area contributed by atoms with Gasteiger partial charge in [-0.05, 0) is 44.0 Å². The Morgan fingerprint density at radius 3 is 2.39 bits per heavy atom. The minimum atomic E-state index is 0.247. The van der Waals surface area contributed by atoms with Crippen molar-refractivity contribution in [3.63, 3.8) is 0 Å². The first-order valence-corrected chi connectivity index (χ1v) is 8.66. The number of phenolic OH excluding ortho intramolecular Hbond substituents is 1. The van der Waals surface area contributed by atoms with Crippen LogP contribution in [0.15, 0.2) is 24.3 Å². The van der Waals surface area contributed by atoms with Crippen LogP contribution in [0.3, 0.4) is 0 Å². The van der Waals surface area contributed by atoms with E-state index in [2.05, 4.69) is 16.7 Å². The summed E-state index contributed by atoms with van der Waals surface area (Å²) < 4.78 is 0. The molecule has 1 aromatic carbocycles. The number of amides is 1. The maximum absolute atomic E-state index is 12.5. The van der Waals surface area contributed by atoms with Gasteiger partial charge < -0.3 is 14.9 Å². The van der Waals surface area contributed by atoms with Crippen LogP contribution in [0.25, 0.3) is 0 Å². The molecule has 1 amide bonds. The highest BCUT2D eigenvalue weighted by atomic mass is 16.3. The fraction of sp³-hybridized carbons (Fsp3) is 0.611. The summed E-state index contributed by atoms with van der Waals surface area (Å²) in [6.45, 7) is 7.96. The van der Waals surface area contributed by atoms with Gasteiger partial charge in [0.1, 0.15) is 5.75 Å². The lowest BCUT2D eigenvalue weighted by Gasteiger charge is -2.38. The van der Waals surface area contributed by atoms with Crippen molar-refractivity contribution in [3.8, 4) is 5.75 Å². The highest BCUT2D eigenvalue weighted by molar-refractivity contribution is 5.78. The fourth-order valence-electron chi connectivity index (χ4n) is 3.44. The van der Waals surface area contributed by atoms with Crippen LogP contribution in [0.2, 0.25) is 0 Å². The molecule has 2 heterocycles. The number of carbonyl (C=O) groups is 1. The van der Waals surface area contributed by atoms with Crippen LogP contribution in [-0.4, -0.2) is 66.6 Å². The molecule has 0 spiro atoms. The highest BCUT2D eigenvalue weighted by Crippen LogP contribution is 2.27. The maximum Gasteiger partial charge on any atom is 0.236 e. The van der Waals surface area contributed by atoms with Crippen LogP contribution in [0.1, 0.15) is 19.8 Å². The molecule has 1 aromatic rings. The molecule has 2 fully saturated rings. The lowest BCUT2D eigenvalue weighted by atomic mass is 9.99. The first-order chi connectivity index (χ1) is 11.1. The zero-order valence-electron chi connectivity index (χ0n) is 13.9. The minimum Gasteiger partial charge on any atom is -0.506 e. The number of likely N-dealkylation sites (tertiary alicyclic amines) is 1. The Bertz CT molecular complexity index is 533. The van der Waals surface area contributed by atoms with Crippen LogP contribution < -0.4 is 4.90 Å². The zero-order chi connectivity index (χ0) is 16.2. The molecule has 2 aliphatic heterocycles. The van der Waals surface area contributed by atoms with Gasteiger partial charge in [0.2, 0.25) is 5.91 Å². The monoisotopic (exact) mass is 317 g/mol. The molecule has 5 heteroatoms. The summed E-state index contributed by atoms with van der Waals surface area (Å²) in [6, 6.07) is 7.41. The standard InChI is InChI=1S/C18H27N3O2/c1-15-6-8-19(9-7-15)14-18(23)21-12-10-20(11-13-21)16-4-2-3-5-17(16)22/h2-5,15,22H,6-14H2,1H3. The molecule has 0 aliphatic carbocycles. The SMILES string of the molecule is CC1CCN(CC(=O)N2CCN(c3ccccc3O)CC2)CC1. The molecule has 2 aliphatic rings. The van der Waals surface area contributed by atoms with Gasteiger partial charge in [0, 0.05) is 26.2 Å². The number of anilines is 1. The Kier molecular flexibility index (Phi) is 5.06. The van der Waals surface area contributed by atoms with Gasteiger partial charge >= 0.3 is 0 Å². The third kappa shape index (κ3) is 3.96. The number of hydrogen-bond donors (Lipinski definition) is 1. The van der Waals surface area contributed by atoms with Crippen molar-refractivity contribution in [3.05, 3.63) is 24.3 Å². The van der Waals surface area contributed by atoms with Gasteiger partial charge in [-0.25, -0.2) is 0 Å². The predicted octanol–water partition coefficient (Wildman–Crippen LogP) is 1.77. The molecule has 5 nitrogen and oxygen atoms in total. The van der Waals surface area contributed by atoms with Gasteiger partial charge in [-0.1, -0.05) is 19.1 Å². The van der Waals surface area contributed by atoms with Gasteiger partial charge in [-0.15, -0.1) is 0 Å². The number of piperidine rings is 1. The number of para-hydroxylation sites is 2. The van der Waals surface area contributed by atoms with Crippen LogP contribution in [0.5, 0.6) is 5.75 Å². The van der Waals surface area contributed by atoms with Crippen LogP contribution in [-0.2, 0) is 4.79 Å². The van der Waals surface area contributed by atoms with E-state index in [1.165, 1.54) is 12.8 Å². The Morgan fingerprint density at radius 2 is 1.74 bits per heavy atom. The first-order valence-electron chi connectivity index (χ1n) is 8.66. The molecule has 0 atom stereocenters. The number of phenols is 1. The van der Waals surface area contributed by atoms with Crippen molar-refractivity contribution < 1.29 is 9.90 Å². The number of rotatable bonds is 3. The van der Waals surface area contributed by atoms with Gasteiger partial charge in [-0.2, -0.15) is 0 Å². The quantitative estimate of drug-likeness (QED) is 0.923.